The molecule has 0 spiro atoms. The van der Waals surface area contributed by atoms with E-state index in [1.165, 1.54) is 17.3 Å². The van der Waals surface area contributed by atoms with Crippen molar-refractivity contribution in [2.45, 2.75) is 31.1 Å². The zero-order valence-electron chi connectivity index (χ0n) is 15.2. The number of aliphatic hydroxyl groups excluding tert-OH is 1. The first-order chi connectivity index (χ1) is 13.0. The summed E-state index contributed by atoms with van der Waals surface area (Å²) in [6.07, 6.45) is -0.753. The lowest BCUT2D eigenvalue weighted by Crippen LogP contribution is -2.38. The van der Waals surface area contributed by atoms with Crippen LogP contribution in [0.4, 0.5) is 0 Å². The van der Waals surface area contributed by atoms with Gasteiger partial charge in [-0.1, -0.05) is 71.9 Å². The smallest absolute Gasteiger partial charge is 0.230 e. The molecule has 2 unspecified atom stereocenters. The van der Waals surface area contributed by atoms with E-state index < -0.39 is 12.1 Å². The molecule has 0 radical (unpaired) electrons. The second-order valence-electron chi connectivity index (χ2n) is 6.33. The van der Waals surface area contributed by atoms with E-state index in [1.807, 2.05) is 61.5 Å². The molecule has 0 aliphatic heterocycles. The minimum absolute atomic E-state index is 0.177. The average molecular weight is 382 g/mol. The van der Waals surface area contributed by atoms with E-state index in [9.17, 15) is 9.90 Å². The van der Waals surface area contributed by atoms with E-state index in [4.69, 9.17) is 0 Å². The summed E-state index contributed by atoms with van der Waals surface area (Å²) < 4.78 is 0. The van der Waals surface area contributed by atoms with Crippen molar-refractivity contribution >= 4 is 17.7 Å². The maximum absolute atomic E-state index is 12.2. The van der Waals surface area contributed by atoms with E-state index in [0.29, 0.717) is 11.0 Å². The van der Waals surface area contributed by atoms with E-state index in [2.05, 4.69) is 20.5 Å². The van der Waals surface area contributed by atoms with E-state index in [0.717, 1.165) is 11.1 Å². The van der Waals surface area contributed by atoms with Crippen LogP contribution in [0.25, 0.3) is 11.4 Å². The molecule has 3 N–H and O–H groups in total. The van der Waals surface area contributed by atoms with Crippen LogP contribution in [0.1, 0.15) is 24.2 Å². The Hall–Kier alpha value is -2.64. The predicted octanol–water partition coefficient (Wildman–Crippen LogP) is 3.11. The number of aliphatic hydroxyl groups is 1. The summed E-state index contributed by atoms with van der Waals surface area (Å²) in [5.41, 5.74) is 2.90. The second kappa shape index (κ2) is 8.83. The molecule has 0 saturated heterocycles. The van der Waals surface area contributed by atoms with E-state index in [1.54, 1.807) is 6.92 Å². The van der Waals surface area contributed by atoms with Gasteiger partial charge in [0.05, 0.1) is 17.9 Å². The molecule has 0 saturated carbocycles. The van der Waals surface area contributed by atoms with Crippen LogP contribution in [-0.2, 0) is 4.79 Å². The first-order valence-corrected chi connectivity index (χ1v) is 9.66. The van der Waals surface area contributed by atoms with Crippen LogP contribution < -0.4 is 5.32 Å². The molecule has 2 aromatic carbocycles. The van der Waals surface area contributed by atoms with Gasteiger partial charge < -0.3 is 10.4 Å². The molecule has 1 aromatic heterocycles. The molecule has 0 aliphatic carbocycles. The van der Waals surface area contributed by atoms with Crippen molar-refractivity contribution in [3.63, 3.8) is 0 Å². The number of nitrogens with zero attached hydrogens (tertiary/aromatic N) is 2. The maximum atomic E-state index is 12.2. The highest BCUT2D eigenvalue weighted by Gasteiger charge is 2.18. The lowest BCUT2D eigenvalue weighted by atomic mass is 10.0. The van der Waals surface area contributed by atoms with Gasteiger partial charge >= 0.3 is 0 Å². The number of amides is 1. The Kier molecular flexibility index (Phi) is 6.26. The van der Waals surface area contributed by atoms with Crippen LogP contribution in [0.2, 0.25) is 0 Å². The van der Waals surface area contributed by atoms with Crippen LogP contribution in [0.3, 0.4) is 0 Å². The lowest BCUT2D eigenvalue weighted by Gasteiger charge is -2.20. The predicted molar refractivity (Wildman–Crippen MR) is 106 cm³/mol. The molecule has 0 fully saturated rings. The summed E-state index contributed by atoms with van der Waals surface area (Å²) in [7, 11) is 0. The Morgan fingerprint density at radius 1 is 1.19 bits per heavy atom. The lowest BCUT2D eigenvalue weighted by molar-refractivity contribution is -0.119. The molecular formula is C20H22N4O2S. The molecule has 1 heterocycles. The standard InChI is InChI=1S/C20H22N4O2S/c1-13-8-10-16(11-9-13)19-22-20(24-23-19)27-12-17(25)21-14(2)18(26)15-6-4-3-5-7-15/h3-11,14,18,26H,12H2,1-2H3,(H,21,25)(H,22,23,24). The van der Waals surface area contributed by atoms with Crippen LogP contribution in [0, 0.1) is 6.92 Å². The molecule has 0 aliphatic rings. The minimum Gasteiger partial charge on any atom is -0.386 e. The van der Waals surface area contributed by atoms with Gasteiger partial charge in [-0.15, -0.1) is 5.10 Å². The summed E-state index contributed by atoms with van der Waals surface area (Å²) in [5, 5.41) is 20.7. The highest BCUT2D eigenvalue weighted by Crippen LogP contribution is 2.20. The quantitative estimate of drug-likeness (QED) is 0.546. The van der Waals surface area contributed by atoms with Gasteiger partial charge in [0.2, 0.25) is 11.1 Å². The molecule has 2 atom stereocenters. The highest BCUT2D eigenvalue weighted by atomic mass is 32.2. The topological polar surface area (TPSA) is 90.9 Å². The molecule has 6 nitrogen and oxygen atoms in total. The summed E-state index contributed by atoms with van der Waals surface area (Å²) in [6.45, 7) is 3.81. The van der Waals surface area contributed by atoms with Gasteiger partial charge in [-0.3, -0.25) is 9.89 Å². The maximum Gasteiger partial charge on any atom is 0.230 e. The molecule has 3 rings (SSSR count). The van der Waals surface area contributed by atoms with Gasteiger partial charge in [-0.2, -0.15) is 0 Å². The van der Waals surface area contributed by atoms with Gasteiger partial charge in [0.15, 0.2) is 5.82 Å². The van der Waals surface area contributed by atoms with Crippen molar-refractivity contribution < 1.29 is 9.90 Å². The third kappa shape index (κ3) is 5.18. The highest BCUT2D eigenvalue weighted by molar-refractivity contribution is 7.99. The van der Waals surface area contributed by atoms with E-state index in [-0.39, 0.29) is 11.7 Å². The molecular weight excluding hydrogens is 360 g/mol. The number of carbonyl (C=O) groups is 1. The van der Waals surface area contributed by atoms with E-state index >= 15 is 0 Å². The van der Waals surface area contributed by atoms with Crippen molar-refractivity contribution in [1.29, 1.82) is 0 Å². The van der Waals surface area contributed by atoms with Crippen molar-refractivity contribution in [1.82, 2.24) is 20.5 Å². The van der Waals surface area contributed by atoms with Crippen molar-refractivity contribution in [3.8, 4) is 11.4 Å². The molecule has 1 amide bonds. The van der Waals surface area contributed by atoms with Crippen LogP contribution in [0.15, 0.2) is 59.8 Å². The summed E-state index contributed by atoms with van der Waals surface area (Å²) >= 11 is 1.25. The number of hydrogen-bond acceptors (Lipinski definition) is 5. The number of rotatable bonds is 7. The van der Waals surface area contributed by atoms with Crippen LogP contribution in [0.5, 0.6) is 0 Å². The fourth-order valence-electron chi connectivity index (χ4n) is 2.60. The van der Waals surface area contributed by atoms with Crippen molar-refractivity contribution in [2.75, 3.05) is 5.75 Å². The monoisotopic (exact) mass is 382 g/mol. The average Bonchev–Trinajstić information content (AvgIpc) is 3.16. The largest absolute Gasteiger partial charge is 0.386 e. The van der Waals surface area contributed by atoms with Gasteiger partial charge in [0, 0.05) is 5.56 Å². The third-order valence-electron chi connectivity index (χ3n) is 4.13. The summed E-state index contributed by atoms with van der Waals surface area (Å²) in [5.74, 6) is 0.673. The van der Waals surface area contributed by atoms with Gasteiger partial charge in [0.1, 0.15) is 0 Å². The summed E-state index contributed by atoms with van der Waals surface area (Å²) in [6, 6.07) is 16.9. The number of H-pyrrole nitrogens is 1. The molecule has 0 bridgehead atoms. The fourth-order valence-corrected chi connectivity index (χ4v) is 3.20. The Bertz CT molecular complexity index is 881. The van der Waals surface area contributed by atoms with Gasteiger partial charge in [-0.05, 0) is 19.4 Å². The number of carbonyl (C=O) groups excluding carboxylic acids is 1. The SMILES string of the molecule is Cc1ccc(-c2nc(SCC(=O)NC(C)C(O)c3ccccc3)n[nH]2)cc1. The molecule has 27 heavy (non-hydrogen) atoms. The number of aromatic amines is 1. The number of hydrogen-bond donors (Lipinski definition) is 3. The normalized spacial score (nSPS) is 13.1. The first-order valence-electron chi connectivity index (χ1n) is 8.67. The Morgan fingerprint density at radius 3 is 2.59 bits per heavy atom. The van der Waals surface area contributed by atoms with Crippen molar-refractivity contribution in [2.24, 2.45) is 0 Å². The number of aryl methyl sites for hydroxylation is 1. The van der Waals surface area contributed by atoms with Crippen LogP contribution in [-0.4, -0.2) is 38.0 Å². The first kappa shape index (κ1) is 19.1. The third-order valence-corrected chi connectivity index (χ3v) is 4.97. The Labute approximate surface area is 162 Å². The summed E-state index contributed by atoms with van der Waals surface area (Å²) in [4.78, 5) is 16.6. The number of thioether (sulfide) groups is 1. The number of benzene rings is 2. The molecule has 7 heteroatoms. The van der Waals surface area contributed by atoms with Gasteiger partial charge in [-0.25, -0.2) is 4.98 Å². The van der Waals surface area contributed by atoms with Crippen LogP contribution >= 0.6 is 11.8 Å². The number of nitrogens with one attached hydrogen (secondary N) is 2. The number of aromatic nitrogens is 3. The molecule has 3 aromatic rings. The zero-order chi connectivity index (χ0) is 19.2. The Morgan fingerprint density at radius 2 is 1.89 bits per heavy atom. The Balaban J connectivity index is 1.51. The minimum atomic E-state index is -0.753. The second-order valence-corrected chi connectivity index (χ2v) is 7.28. The van der Waals surface area contributed by atoms with Crippen molar-refractivity contribution in [3.05, 3.63) is 65.7 Å². The molecule has 140 valence electrons. The fraction of sp³-hybridized carbons (Fsp3) is 0.250. The van der Waals surface area contributed by atoms with Gasteiger partial charge in [0.25, 0.3) is 0 Å². The zero-order valence-corrected chi connectivity index (χ0v) is 16.0.